The van der Waals surface area contributed by atoms with E-state index in [-0.39, 0.29) is 11.9 Å². The quantitative estimate of drug-likeness (QED) is 0.919. The number of halogens is 1. The summed E-state index contributed by atoms with van der Waals surface area (Å²) in [5, 5.41) is 0. The van der Waals surface area contributed by atoms with Crippen molar-refractivity contribution in [3.63, 3.8) is 0 Å². The topological polar surface area (TPSA) is 38.9 Å². The van der Waals surface area contributed by atoms with Crippen molar-refractivity contribution in [3.8, 4) is 0 Å². The molecule has 0 fully saturated rings. The number of rotatable bonds is 4. The molecule has 0 saturated carbocycles. The Balaban J connectivity index is 2.26. The second-order valence-electron chi connectivity index (χ2n) is 4.22. The molecule has 4 heteroatoms. The van der Waals surface area contributed by atoms with E-state index < -0.39 is 0 Å². The Hall–Kier alpha value is -1.39. The van der Waals surface area contributed by atoms with Crippen LogP contribution in [0.15, 0.2) is 52.5 Å². The lowest BCUT2D eigenvalue weighted by Gasteiger charge is -2.11. The summed E-state index contributed by atoms with van der Waals surface area (Å²) in [6.07, 6.45) is 4.17. The summed E-state index contributed by atoms with van der Waals surface area (Å²) in [4.78, 5) is 6.11. The first-order chi connectivity index (χ1) is 8.65. The second kappa shape index (κ2) is 5.98. The highest BCUT2D eigenvalue weighted by Gasteiger charge is 2.08. The van der Waals surface area contributed by atoms with Crippen LogP contribution in [-0.4, -0.2) is 11.0 Å². The monoisotopic (exact) mass is 262 g/mol. The Bertz CT molecular complexity index is 514. The Morgan fingerprint density at radius 2 is 2.00 bits per heavy atom. The summed E-state index contributed by atoms with van der Waals surface area (Å²) in [6, 6.07) is 8.73. The molecule has 0 amide bonds. The van der Waals surface area contributed by atoms with E-state index in [1.807, 2.05) is 19.1 Å². The van der Waals surface area contributed by atoms with E-state index >= 15 is 0 Å². The summed E-state index contributed by atoms with van der Waals surface area (Å²) in [6.45, 7) is 1.92. The van der Waals surface area contributed by atoms with Crippen LogP contribution in [-0.2, 0) is 6.42 Å². The van der Waals surface area contributed by atoms with Crippen molar-refractivity contribution in [1.82, 2.24) is 4.98 Å². The van der Waals surface area contributed by atoms with Crippen LogP contribution in [0.4, 0.5) is 4.39 Å². The van der Waals surface area contributed by atoms with Crippen molar-refractivity contribution in [1.29, 1.82) is 0 Å². The smallest absolute Gasteiger partial charge is 0.123 e. The van der Waals surface area contributed by atoms with Crippen molar-refractivity contribution in [2.45, 2.75) is 29.2 Å². The molecule has 2 aromatic rings. The molecule has 2 rings (SSSR count). The fourth-order valence-corrected chi connectivity index (χ4v) is 2.61. The van der Waals surface area contributed by atoms with Gasteiger partial charge in [-0.15, -0.1) is 0 Å². The van der Waals surface area contributed by atoms with Gasteiger partial charge in [0.15, 0.2) is 0 Å². The van der Waals surface area contributed by atoms with Crippen molar-refractivity contribution < 1.29 is 4.39 Å². The first-order valence-electron chi connectivity index (χ1n) is 5.77. The van der Waals surface area contributed by atoms with E-state index in [1.54, 1.807) is 36.3 Å². The maximum Gasteiger partial charge on any atom is 0.123 e. The molecule has 0 spiro atoms. The Morgan fingerprint density at radius 3 is 2.67 bits per heavy atom. The van der Waals surface area contributed by atoms with E-state index in [1.165, 1.54) is 6.07 Å². The average Bonchev–Trinajstić information content (AvgIpc) is 2.33. The maximum absolute atomic E-state index is 13.3. The molecule has 18 heavy (non-hydrogen) atoms. The molecule has 2 nitrogen and oxygen atoms in total. The van der Waals surface area contributed by atoms with E-state index in [2.05, 4.69) is 4.98 Å². The third kappa shape index (κ3) is 3.55. The van der Waals surface area contributed by atoms with Gasteiger partial charge < -0.3 is 5.73 Å². The summed E-state index contributed by atoms with van der Waals surface area (Å²) < 4.78 is 13.3. The van der Waals surface area contributed by atoms with Gasteiger partial charge in [-0.1, -0.05) is 11.8 Å². The number of hydrogen-bond acceptors (Lipinski definition) is 3. The Labute approximate surface area is 110 Å². The molecule has 1 aromatic heterocycles. The molecule has 94 valence electrons. The van der Waals surface area contributed by atoms with Crippen molar-refractivity contribution in [3.05, 3.63) is 54.1 Å². The summed E-state index contributed by atoms with van der Waals surface area (Å²) in [5.74, 6) is -0.218. The molecule has 2 N–H and O–H groups in total. The van der Waals surface area contributed by atoms with E-state index in [0.717, 1.165) is 15.4 Å². The lowest BCUT2D eigenvalue weighted by molar-refractivity contribution is 0.620. The van der Waals surface area contributed by atoms with Gasteiger partial charge >= 0.3 is 0 Å². The normalized spacial score (nSPS) is 12.4. The molecule has 1 heterocycles. The zero-order valence-corrected chi connectivity index (χ0v) is 11.0. The number of hydrogen-bond donors (Lipinski definition) is 1. The third-order valence-electron chi connectivity index (χ3n) is 2.44. The fourth-order valence-electron chi connectivity index (χ4n) is 1.69. The van der Waals surface area contributed by atoms with Gasteiger partial charge in [-0.25, -0.2) is 4.39 Å². The first-order valence-corrected chi connectivity index (χ1v) is 6.58. The highest BCUT2D eigenvalue weighted by atomic mass is 32.2. The number of benzene rings is 1. The van der Waals surface area contributed by atoms with Gasteiger partial charge in [0.05, 0.1) is 0 Å². The molecule has 0 aliphatic rings. The minimum absolute atomic E-state index is 0.0172. The average molecular weight is 262 g/mol. The van der Waals surface area contributed by atoms with Gasteiger partial charge in [0.2, 0.25) is 0 Å². The molecule has 1 unspecified atom stereocenters. The number of nitrogens with zero attached hydrogens (tertiary/aromatic N) is 1. The number of nitrogens with two attached hydrogens (primary N) is 1. The van der Waals surface area contributed by atoms with Crippen molar-refractivity contribution in [2.24, 2.45) is 5.73 Å². The van der Waals surface area contributed by atoms with Crippen molar-refractivity contribution in [2.75, 3.05) is 0 Å². The maximum atomic E-state index is 13.3. The van der Waals surface area contributed by atoms with Crippen LogP contribution < -0.4 is 5.73 Å². The Kier molecular flexibility index (Phi) is 4.33. The lowest BCUT2D eigenvalue weighted by Crippen LogP contribution is -2.18. The molecule has 0 aliphatic heterocycles. The predicted molar refractivity (Wildman–Crippen MR) is 72.1 cm³/mol. The van der Waals surface area contributed by atoms with Crippen LogP contribution in [0, 0.1) is 5.82 Å². The number of aromatic nitrogens is 1. The minimum Gasteiger partial charge on any atom is -0.328 e. The van der Waals surface area contributed by atoms with Gasteiger partial charge in [-0.2, -0.15) is 0 Å². The molecular weight excluding hydrogens is 247 g/mol. The highest BCUT2D eigenvalue weighted by Crippen LogP contribution is 2.31. The molecule has 0 radical (unpaired) electrons. The first kappa shape index (κ1) is 13.1. The molecular formula is C14H15FN2S. The predicted octanol–water partition coefficient (Wildman–Crippen LogP) is 3.26. The van der Waals surface area contributed by atoms with Crippen LogP contribution in [0.25, 0.3) is 0 Å². The largest absolute Gasteiger partial charge is 0.328 e. The molecule has 1 atom stereocenters. The van der Waals surface area contributed by atoms with Crippen LogP contribution in [0.3, 0.4) is 0 Å². The van der Waals surface area contributed by atoms with E-state index in [9.17, 15) is 4.39 Å². The lowest BCUT2D eigenvalue weighted by atomic mass is 10.1. The highest BCUT2D eigenvalue weighted by molar-refractivity contribution is 7.99. The number of pyridine rings is 1. The zero-order valence-electron chi connectivity index (χ0n) is 10.1. The molecule has 0 saturated heterocycles. The van der Waals surface area contributed by atoms with Crippen LogP contribution in [0.5, 0.6) is 0 Å². The van der Waals surface area contributed by atoms with Gasteiger partial charge in [-0.05, 0) is 49.2 Å². The van der Waals surface area contributed by atoms with Gasteiger partial charge in [-0.3, -0.25) is 4.98 Å². The third-order valence-corrected chi connectivity index (χ3v) is 3.57. The standard InChI is InChI=1S/C14H15FN2S/c1-10(16)8-11-9-12(15)2-3-14(11)18-13-4-6-17-7-5-13/h2-7,9-10H,8,16H2,1H3. The zero-order chi connectivity index (χ0) is 13.0. The molecule has 0 aliphatic carbocycles. The van der Waals surface area contributed by atoms with Gasteiger partial charge in [0.25, 0.3) is 0 Å². The minimum atomic E-state index is -0.218. The van der Waals surface area contributed by atoms with Gasteiger partial charge in [0.1, 0.15) is 5.82 Å². The second-order valence-corrected chi connectivity index (χ2v) is 5.33. The van der Waals surface area contributed by atoms with E-state index in [0.29, 0.717) is 6.42 Å². The Morgan fingerprint density at radius 1 is 1.28 bits per heavy atom. The summed E-state index contributed by atoms with van der Waals surface area (Å²) in [5.41, 5.74) is 6.75. The van der Waals surface area contributed by atoms with Crippen LogP contribution in [0.2, 0.25) is 0 Å². The summed E-state index contributed by atoms with van der Waals surface area (Å²) in [7, 11) is 0. The fraction of sp³-hybridized carbons (Fsp3) is 0.214. The summed E-state index contributed by atoms with van der Waals surface area (Å²) >= 11 is 1.60. The van der Waals surface area contributed by atoms with Crippen LogP contribution >= 0.6 is 11.8 Å². The van der Waals surface area contributed by atoms with Gasteiger partial charge in [0, 0.05) is 28.2 Å². The molecule has 0 bridgehead atoms. The van der Waals surface area contributed by atoms with Crippen molar-refractivity contribution >= 4 is 11.8 Å². The van der Waals surface area contributed by atoms with Crippen LogP contribution in [0.1, 0.15) is 12.5 Å². The molecule has 1 aromatic carbocycles. The van der Waals surface area contributed by atoms with E-state index in [4.69, 9.17) is 5.73 Å². The SMILES string of the molecule is CC(N)Cc1cc(F)ccc1Sc1ccncc1.